The summed E-state index contributed by atoms with van der Waals surface area (Å²) in [6.07, 6.45) is 1.41. The first kappa shape index (κ1) is 16.3. The van der Waals surface area contributed by atoms with Crippen molar-refractivity contribution < 1.29 is 8.42 Å². The Morgan fingerprint density at radius 1 is 1.12 bits per heavy atom. The van der Waals surface area contributed by atoms with E-state index in [2.05, 4.69) is 13.8 Å². The number of anilines is 2. The Bertz CT molecular complexity index is 983. The van der Waals surface area contributed by atoms with Crippen molar-refractivity contribution in [3.05, 3.63) is 64.7 Å². The molecular formula is C19H18N2O2S. The minimum Gasteiger partial charge on any atom is -0.314 e. The quantitative estimate of drug-likeness (QED) is 0.814. The number of nitrogens with zero attached hydrogens (tertiary/aromatic N) is 2. The van der Waals surface area contributed by atoms with Gasteiger partial charge in [0.1, 0.15) is 6.07 Å². The second-order valence-corrected chi connectivity index (χ2v) is 8.09. The van der Waals surface area contributed by atoms with Crippen molar-refractivity contribution in [2.24, 2.45) is 0 Å². The minimum absolute atomic E-state index is 0.169. The van der Waals surface area contributed by atoms with E-state index in [1.165, 1.54) is 6.20 Å². The summed E-state index contributed by atoms with van der Waals surface area (Å²) < 4.78 is 25.2. The van der Waals surface area contributed by atoms with Crippen LogP contribution < -0.4 is 4.90 Å². The number of sulfone groups is 1. The molecule has 4 nitrogen and oxygen atoms in total. The average molecular weight is 338 g/mol. The number of fused-ring (bicyclic) bond motifs is 1. The third-order valence-electron chi connectivity index (χ3n) is 4.12. The molecule has 3 rings (SSSR count). The topological polar surface area (TPSA) is 61.2 Å². The van der Waals surface area contributed by atoms with E-state index in [4.69, 9.17) is 0 Å². The summed E-state index contributed by atoms with van der Waals surface area (Å²) in [6, 6.07) is 14.9. The highest BCUT2D eigenvalue weighted by Crippen LogP contribution is 2.40. The van der Waals surface area contributed by atoms with Crippen LogP contribution in [0.1, 0.15) is 30.9 Å². The van der Waals surface area contributed by atoms with Crippen LogP contribution in [0.2, 0.25) is 0 Å². The zero-order valence-electron chi connectivity index (χ0n) is 13.8. The van der Waals surface area contributed by atoms with Crippen molar-refractivity contribution in [3.63, 3.8) is 0 Å². The zero-order chi connectivity index (χ0) is 17.5. The molecule has 0 saturated heterocycles. The predicted octanol–water partition coefficient (Wildman–Crippen LogP) is 4.41. The van der Waals surface area contributed by atoms with E-state index in [1.807, 2.05) is 43.3 Å². The Morgan fingerprint density at radius 3 is 2.54 bits per heavy atom. The molecular weight excluding hydrogens is 320 g/mol. The maximum atomic E-state index is 12.6. The van der Waals surface area contributed by atoms with Gasteiger partial charge in [-0.05, 0) is 48.2 Å². The maximum absolute atomic E-state index is 12.6. The molecule has 1 aliphatic heterocycles. The fourth-order valence-corrected chi connectivity index (χ4v) is 4.03. The number of benzene rings is 2. The first-order chi connectivity index (χ1) is 11.3. The lowest BCUT2D eigenvalue weighted by molar-refractivity contribution is 0.602. The van der Waals surface area contributed by atoms with Crippen LogP contribution in [-0.4, -0.2) is 8.42 Å². The Hall–Kier alpha value is -2.58. The van der Waals surface area contributed by atoms with Gasteiger partial charge in [0, 0.05) is 11.9 Å². The smallest absolute Gasteiger partial charge is 0.220 e. The number of aryl methyl sites for hydroxylation is 1. The molecule has 0 spiro atoms. The molecule has 0 N–H and O–H groups in total. The SMILES string of the molecule is Cc1ccc2c(c1)N(c1cccc(C(C)C)c1)C=C(C#N)S2(=O)=O. The Kier molecular flexibility index (Phi) is 3.94. The molecule has 0 fully saturated rings. The lowest BCUT2D eigenvalue weighted by atomic mass is 10.0. The van der Waals surface area contributed by atoms with E-state index in [9.17, 15) is 13.7 Å². The largest absolute Gasteiger partial charge is 0.314 e. The maximum Gasteiger partial charge on any atom is 0.220 e. The normalized spacial score (nSPS) is 15.6. The van der Waals surface area contributed by atoms with Gasteiger partial charge in [-0.1, -0.05) is 32.0 Å². The van der Waals surface area contributed by atoms with Crippen LogP contribution >= 0.6 is 0 Å². The van der Waals surface area contributed by atoms with Gasteiger partial charge in [0.05, 0.1) is 10.6 Å². The first-order valence-electron chi connectivity index (χ1n) is 7.71. The molecule has 0 bridgehead atoms. The molecule has 0 amide bonds. The molecule has 122 valence electrons. The van der Waals surface area contributed by atoms with Crippen LogP contribution in [0, 0.1) is 18.3 Å². The van der Waals surface area contributed by atoms with Crippen LogP contribution in [0.25, 0.3) is 0 Å². The number of allylic oxidation sites excluding steroid dienone is 1. The van der Waals surface area contributed by atoms with E-state index >= 15 is 0 Å². The molecule has 2 aromatic rings. The highest BCUT2D eigenvalue weighted by Gasteiger charge is 2.32. The van der Waals surface area contributed by atoms with Crippen molar-refractivity contribution in [2.45, 2.75) is 31.6 Å². The van der Waals surface area contributed by atoms with Crippen molar-refractivity contribution in [2.75, 3.05) is 4.90 Å². The number of hydrogen-bond acceptors (Lipinski definition) is 4. The fourth-order valence-electron chi connectivity index (χ4n) is 2.75. The molecule has 0 aliphatic carbocycles. The summed E-state index contributed by atoms with van der Waals surface area (Å²) >= 11 is 0. The molecule has 1 heterocycles. The monoisotopic (exact) mass is 338 g/mol. The van der Waals surface area contributed by atoms with Gasteiger partial charge in [-0.25, -0.2) is 8.42 Å². The standard InChI is InChI=1S/C19H18N2O2S/c1-13(2)15-5-4-6-16(10-15)21-12-17(11-20)24(22,23)19-8-7-14(3)9-18(19)21/h4-10,12-13H,1-3H3. The van der Waals surface area contributed by atoms with Gasteiger partial charge in [0.25, 0.3) is 0 Å². The van der Waals surface area contributed by atoms with Crippen molar-refractivity contribution in [1.82, 2.24) is 0 Å². The molecule has 5 heteroatoms. The number of rotatable bonds is 2. The zero-order valence-corrected chi connectivity index (χ0v) is 14.6. The van der Waals surface area contributed by atoms with Crippen LogP contribution in [0.3, 0.4) is 0 Å². The first-order valence-corrected chi connectivity index (χ1v) is 9.20. The third-order valence-corrected chi connectivity index (χ3v) is 5.82. The average Bonchev–Trinajstić information content (AvgIpc) is 2.54. The molecule has 0 aromatic heterocycles. The van der Waals surface area contributed by atoms with Crippen LogP contribution in [-0.2, 0) is 9.84 Å². The van der Waals surface area contributed by atoms with Crippen molar-refractivity contribution >= 4 is 21.2 Å². The summed E-state index contributed by atoms with van der Waals surface area (Å²) in [4.78, 5) is 1.71. The highest BCUT2D eigenvalue weighted by atomic mass is 32.2. The van der Waals surface area contributed by atoms with Crippen molar-refractivity contribution in [3.8, 4) is 6.07 Å². The van der Waals surface area contributed by atoms with Crippen LogP contribution in [0.4, 0.5) is 11.4 Å². The summed E-state index contributed by atoms with van der Waals surface area (Å²) in [5.74, 6) is 0.356. The second kappa shape index (κ2) is 5.81. The van der Waals surface area contributed by atoms with Gasteiger partial charge in [-0.15, -0.1) is 0 Å². The van der Waals surface area contributed by atoms with E-state index in [0.717, 1.165) is 16.8 Å². The lowest BCUT2D eigenvalue weighted by Gasteiger charge is -2.28. The second-order valence-electron chi connectivity index (χ2n) is 6.20. The fraction of sp³-hybridized carbons (Fsp3) is 0.211. The van der Waals surface area contributed by atoms with Gasteiger partial charge >= 0.3 is 0 Å². The van der Waals surface area contributed by atoms with Crippen molar-refractivity contribution in [1.29, 1.82) is 5.26 Å². The third kappa shape index (κ3) is 2.59. The summed E-state index contributed by atoms with van der Waals surface area (Å²) in [6.45, 7) is 6.13. The van der Waals surface area contributed by atoms with Crippen LogP contribution in [0.15, 0.2) is 58.5 Å². The van der Waals surface area contributed by atoms with Gasteiger partial charge in [0.15, 0.2) is 4.91 Å². The van der Waals surface area contributed by atoms with E-state index in [0.29, 0.717) is 11.6 Å². The van der Waals surface area contributed by atoms with Crippen LogP contribution in [0.5, 0.6) is 0 Å². The molecule has 0 unspecified atom stereocenters. The Balaban J connectivity index is 2.27. The molecule has 2 aromatic carbocycles. The molecule has 0 radical (unpaired) electrons. The van der Waals surface area contributed by atoms with Gasteiger partial charge in [0.2, 0.25) is 9.84 Å². The summed E-state index contributed by atoms with van der Waals surface area (Å²) in [5.41, 5.74) is 3.54. The number of nitriles is 1. The lowest BCUT2D eigenvalue weighted by Crippen LogP contribution is -2.21. The van der Waals surface area contributed by atoms with E-state index in [1.54, 1.807) is 17.0 Å². The summed E-state index contributed by atoms with van der Waals surface area (Å²) in [7, 11) is -3.76. The predicted molar refractivity (Wildman–Crippen MR) is 94.7 cm³/mol. The van der Waals surface area contributed by atoms with E-state index < -0.39 is 9.84 Å². The Morgan fingerprint density at radius 2 is 1.88 bits per heavy atom. The molecule has 0 atom stereocenters. The van der Waals surface area contributed by atoms with E-state index in [-0.39, 0.29) is 9.80 Å². The molecule has 0 saturated carbocycles. The number of hydrogen-bond donors (Lipinski definition) is 0. The van der Waals surface area contributed by atoms with Gasteiger partial charge in [-0.2, -0.15) is 5.26 Å². The Labute approximate surface area is 142 Å². The summed E-state index contributed by atoms with van der Waals surface area (Å²) in [5, 5.41) is 9.29. The molecule has 24 heavy (non-hydrogen) atoms. The minimum atomic E-state index is -3.76. The highest BCUT2D eigenvalue weighted by molar-refractivity contribution is 7.95. The molecule has 1 aliphatic rings. The van der Waals surface area contributed by atoms with Gasteiger partial charge in [-0.3, -0.25) is 0 Å². The van der Waals surface area contributed by atoms with Gasteiger partial charge < -0.3 is 4.90 Å².